The van der Waals surface area contributed by atoms with Gasteiger partial charge in [-0.05, 0) is 62.7 Å². The Morgan fingerprint density at radius 1 is 1.19 bits per heavy atom. The highest BCUT2D eigenvalue weighted by atomic mass is 79.9. The number of halogens is 1. The van der Waals surface area contributed by atoms with Gasteiger partial charge >= 0.3 is 0 Å². The second kappa shape index (κ2) is 7.05. The van der Waals surface area contributed by atoms with Crippen molar-refractivity contribution in [3.63, 3.8) is 0 Å². The lowest BCUT2D eigenvalue weighted by Gasteiger charge is -2.20. The Balaban J connectivity index is 2.39. The van der Waals surface area contributed by atoms with E-state index in [4.69, 9.17) is 4.74 Å². The van der Waals surface area contributed by atoms with Gasteiger partial charge in [-0.1, -0.05) is 22.0 Å². The minimum absolute atomic E-state index is 0.0886. The summed E-state index contributed by atoms with van der Waals surface area (Å²) in [6, 6.07) is 8.46. The largest absolute Gasteiger partial charge is 0.489 e. The van der Waals surface area contributed by atoms with E-state index >= 15 is 0 Å². The van der Waals surface area contributed by atoms with E-state index in [9.17, 15) is 0 Å². The Bertz CT molecular complexity index is 613. The van der Waals surface area contributed by atoms with Gasteiger partial charge in [-0.3, -0.25) is 4.98 Å². The summed E-state index contributed by atoms with van der Waals surface area (Å²) >= 11 is 3.55. The molecule has 2 aromatic rings. The third-order valence-corrected chi connectivity index (χ3v) is 3.77. The lowest BCUT2D eigenvalue weighted by Crippen LogP contribution is -2.19. The van der Waals surface area contributed by atoms with Crippen LogP contribution in [0.3, 0.4) is 0 Å². The zero-order chi connectivity index (χ0) is 15.4. The molecule has 1 heterocycles. The molecule has 21 heavy (non-hydrogen) atoms. The van der Waals surface area contributed by atoms with Crippen molar-refractivity contribution in [2.24, 2.45) is 0 Å². The number of pyridine rings is 1. The van der Waals surface area contributed by atoms with E-state index in [1.165, 1.54) is 11.1 Å². The third kappa shape index (κ3) is 4.05. The Labute approximate surface area is 134 Å². The van der Waals surface area contributed by atoms with Gasteiger partial charge in [0.15, 0.2) is 0 Å². The first-order chi connectivity index (χ1) is 10.0. The minimum Gasteiger partial charge on any atom is -0.489 e. The predicted molar refractivity (Wildman–Crippen MR) is 89.8 cm³/mol. The number of aryl methyl sites for hydroxylation is 1. The van der Waals surface area contributed by atoms with Gasteiger partial charge in [-0.15, -0.1) is 0 Å². The van der Waals surface area contributed by atoms with Crippen molar-refractivity contribution in [1.29, 1.82) is 0 Å². The molecule has 0 aliphatic heterocycles. The monoisotopic (exact) mass is 348 g/mol. The fraction of sp³-hybridized carbons (Fsp3) is 0.353. The first kappa shape index (κ1) is 16.0. The molecule has 0 saturated heterocycles. The molecule has 3 nitrogen and oxygen atoms in total. The maximum atomic E-state index is 5.74. The van der Waals surface area contributed by atoms with Crippen molar-refractivity contribution >= 4 is 15.9 Å². The molecule has 1 aromatic heterocycles. The molecule has 0 saturated carbocycles. The Morgan fingerprint density at radius 3 is 2.62 bits per heavy atom. The number of nitrogens with zero attached hydrogens (tertiary/aromatic N) is 1. The number of nitrogens with one attached hydrogen (secondary N) is 1. The smallest absolute Gasteiger partial charge is 0.138 e. The van der Waals surface area contributed by atoms with Crippen LogP contribution in [0.1, 0.15) is 36.6 Å². The summed E-state index contributed by atoms with van der Waals surface area (Å²) in [6.45, 7) is 6.15. The number of hydrogen-bond acceptors (Lipinski definition) is 3. The van der Waals surface area contributed by atoms with Gasteiger partial charge < -0.3 is 10.1 Å². The molecule has 112 valence electrons. The summed E-state index contributed by atoms with van der Waals surface area (Å²) in [6.07, 6.45) is 3.78. The van der Waals surface area contributed by atoms with E-state index in [0.717, 1.165) is 15.8 Å². The van der Waals surface area contributed by atoms with Crippen molar-refractivity contribution in [3.8, 4) is 5.75 Å². The van der Waals surface area contributed by atoms with E-state index in [-0.39, 0.29) is 12.1 Å². The van der Waals surface area contributed by atoms with Crippen LogP contribution in [0, 0.1) is 6.92 Å². The van der Waals surface area contributed by atoms with Gasteiger partial charge in [0.2, 0.25) is 0 Å². The average Bonchev–Trinajstić information content (AvgIpc) is 2.43. The first-order valence-corrected chi connectivity index (χ1v) is 7.85. The zero-order valence-corrected chi connectivity index (χ0v) is 14.4. The van der Waals surface area contributed by atoms with E-state index in [1.807, 2.05) is 27.1 Å². The van der Waals surface area contributed by atoms with Gasteiger partial charge in [0.1, 0.15) is 5.75 Å². The van der Waals surface area contributed by atoms with Crippen molar-refractivity contribution in [2.75, 3.05) is 7.05 Å². The lowest BCUT2D eigenvalue weighted by molar-refractivity contribution is 0.241. The summed E-state index contributed by atoms with van der Waals surface area (Å²) in [4.78, 5) is 4.31. The number of rotatable bonds is 5. The van der Waals surface area contributed by atoms with E-state index < -0.39 is 0 Å². The van der Waals surface area contributed by atoms with Crippen molar-refractivity contribution in [1.82, 2.24) is 10.3 Å². The molecular formula is C17H21BrN2O. The molecular weight excluding hydrogens is 328 g/mol. The topological polar surface area (TPSA) is 34.2 Å². The van der Waals surface area contributed by atoms with Gasteiger partial charge in [0, 0.05) is 10.7 Å². The molecule has 4 heteroatoms. The van der Waals surface area contributed by atoms with Crippen LogP contribution in [0.25, 0.3) is 0 Å². The van der Waals surface area contributed by atoms with Crippen LogP contribution < -0.4 is 10.1 Å². The second-order valence-corrected chi connectivity index (χ2v) is 6.26. The van der Waals surface area contributed by atoms with E-state index in [0.29, 0.717) is 0 Å². The minimum atomic E-state index is 0.0886. The molecule has 0 bridgehead atoms. The molecule has 1 aromatic carbocycles. The molecule has 1 atom stereocenters. The number of aromatic nitrogens is 1. The first-order valence-electron chi connectivity index (χ1n) is 7.06. The highest BCUT2D eigenvalue weighted by Gasteiger charge is 2.16. The highest BCUT2D eigenvalue weighted by molar-refractivity contribution is 9.10. The fourth-order valence-corrected chi connectivity index (χ4v) is 2.73. The van der Waals surface area contributed by atoms with Crippen molar-refractivity contribution in [3.05, 3.63) is 57.8 Å². The lowest BCUT2D eigenvalue weighted by atomic mass is 9.96. The van der Waals surface area contributed by atoms with Gasteiger partial charge in [0.05, 0.1) is 18.3 Å². The molecule has 0 radical (unpaired) electrons. The molecule has 0 amide bonds. The molecule has 1 N–H and O–H groups in total. The van der Waals surface area contributed by atoms with Crippen LogP contribution in [-0.4, -0.2) is 18.1 Å². The molecule has 0 spiro atoms. The molecule has 0 aliphatic carbocycles. The van der Waals surface area contributed by atoms with Gasteiger partial charge in [-0.25, -0.2) is 0 Å². The van der Waals surface area contributed by atoms with Gasteiger partial charge in [0.25, 0.3) is 0 Å². The number of hydrogen-bond donors (Lipinski definition) is 1. The molecule has 2 rings (SSSR count). The summed E-state index contributed by atoms with van der Waals surface area (Å²) in [7, 11) is 1.96. The zero-order valence-electron chi connectivity index (χ0n) is 12.9. The summed E-state index contributed by atoms with van der Waals surface area (Å²) in [5.41, 5.74) is 3.57. The molecule has 1 unspecified atom stereocenters. The Morgan fingerprint density at radius 2 is 1.95 bits per heavy atom. The molecule has 0 fully saturated rings. The van der Waals surface area contributed by atoms with Gasteiger partial charge in [-0.2, -0.15) is 0 Å². The Hall–Kier alpha value is -1.39. The standard InChI is InChI=1S/C17H21BrN2O/c1-11(2)21-15-7-13(9-20-10-15)17(19-4)16-8-14(18)6-5-12(16)3/h5-11,17,19H,1-4H3. The van der Waals surface area contributed by atoms with Crippen LogP contribution in [-0.2, 0) is 0 Å². The summed E-state index contributed by atoms with van der Waals surface area (Å²) in [5, 5.41) is 3.37. The number of ether oxygens (including phenoxy) is 1. The second-order valence-electron chi connectivity index (χ2n) is 5.34. The quantitative estimate of drug-likeness (QED) is 0.876. The van der Waals surface area contributed by atoms with Crippen LogP contribution >= 0.6 is 15.9 Å². The van der Waals surface area contributed by atoms with Crippen LogP contribution in [0.2, 0.25) is 0 Å². The summed E-state index contributed by atoms with van der Waals surface area (Å²) in [5.74, 6) is 0.801. The van der Waals surface area contributed by atoms with Crippen LogP contribution in [0.4, 0.5) is 0 Å². The highest BCUT2D eigenvalue weighted by Crippen LogP contribution is 2.28. The van der Waals surface area contributed by atoms with Crippen molar-refractivity contribution < 1.29 is 4.74 Å². The average molecular weight is 349 g/mol. The fourth-order valence-electron chi connectivity index (χ4n) is 2.35. The third-order valence-electron chi connectivity index (χ3n) is 3.28. The molecule has 0 aliphatic rings. The van der Waals surface area contributed by atoms with Crippen molar-refractivity contribution in [2.45, 2.75) is 32.9 Å². The van der Waals surface area contributed by atoms with Crippen LogP contribution in [0.5, 0.6) is 5.75 Å². The number of benzene rings is 1. The maximum Gasteiger partial charge on any atom is 0.138 e. The van der Waals surface area contributed by atoms with Crippen LogP contribution in [0.15, 0.2) is 41.1 Å². The normalized spacial score (nSPS) is 12.5. The maximum absolute atomic E-state index is 5.74. The Kier molecular flexibility index (Phi) is 5.37. The predicted octanol–water partition coefficient (Wildman–Crippen LogP) is 4.25. The summed E-state index contributed by atoms with van der Waals surface area (Å²) < 4.78 is 6.81. The van der Waals surface area contributed by atoms with E-state index in [1.54, 1.807) is 6.20 Å². The van der Waals surface area contributed by atoms with E-state index in [2.05, 4.69) is 57.4 Å². The SMILES string of the molecule is CNC(c1cncc(OC(C)C)c1)c1cc(Br)ccc1C.